The molecule has 0 aromatic heterocycles. The van der Waals surface area contributed by atoms with E-state index in [-0.39, 0.29) is 41.8 Å². The molecule has 0 bridgehead atoms. The van der Waals surface area contributed by atoms with Gasteiger partial charge in [0.2, 0.25) is 10.0 Å². The number of primary sulfonamides is 1. The molecule has 53 heavy (non-hydrogen) atoms. The minimum absolute atomic E-state index is 0.00955. The first-order valence-electron chi connectivity index (χ1n) is 15.2. The molecule has 0 amide bonds. The van der Waals surface area contributed by atoms with E-state index in [0.29, 0.717) is 22.1 Å². The Kier molecular flexibility index (Phi) is 10.3. The highest BCUT2D eigenvalue weighted by Gasteiger charge is 2.19. The van der Waals surface area contributed by atoms with Crippen LogP contribution in [-0.2, 0) is 34.8 Å². The van der Waals surface area contributed by atoms with Crippen LogP contribution in [0.3, 0.4) is 0 Å². The second kappa shape index (κ2) is 14.6. The monoisotopic (exact) mass is 809 g/mol. The van der Waals surface area contributed by atoms with E-state index in [2.05, 4.69) is 20.1 Å². The molecule has 0 fully saturated rings. The van der Waals surface area contributed by atoms with E-state index in [1.807, 2.05) is 0 Å². The van der Waals surface area contributed by atoms with E-state index in [9.17, 15) is 30.0 Å². The van der Waals surface area contributed by atoms with Gasteiger partial charge >= 0.3 is 5.97 Å². The second-order valence-corrected chi connectivity index (χ2v) is 17.2. The Labute approximate surface area is 315 Å². The van der Waals surface area contributed by atoms with Crippen LogP contribution in [-0.4, -0.2) is 43.4 Å². The lowest BCUT2D eigenvalue weighted by Gasteiger charge is -2.13. The van der Waals surface area contributed by atoms with Crippen LogP contribution in [0.4, 0.5) is 22.7 Å². The number of carbonyl (C=O) groups excluding carboxylic acids is 1. The number of benzene rings is 6. The molecule has 6 rings (SSSR count). The molecule has 13 nitrogen and oxygen atoms in total. The van der Waals surface area contributed by atoms with Crippen LogP contribution in [0.1, 0.15) is 10.4 Å². The van der Waals surface area contributed by atoms with Crippen LogP contribution in [0.2, 0.25) is 5.02 Å². The van der Waals surface area contributed by atoms with Gasteiger partial charge in [0.05, 0.1) is 38.1 Å². The maximum Gasteiger partial charge on any atom is 0.339 e. The van der Waals surface area contributed by atoms with Crippen molar-refractivity contribution in [3.05, 3.63) is 126 Å². The van der Waals surface area contributed by atoms with Crippen molar-refractivity contribution in [2.45, 2.75) is 14.7 Å². The Bertz CT molecular complexity index is 2800. The third-order valence-corrected chi connectivity index (χ3v) is 12.0. The molecule has 6 aromatic carbocycles. The number of carbonyl (C=O) groups is 1. The van der Waals surface area contributed by atoms with Gasteiger partial charge in [0.1, 0.15) is 0 Å². The average Bonchev–Trinajstić information content (AvgIpc) is 3.11. The molecule has 0 saturated heterocycles. The lowest BCUT2D eigenvalue weighted by Crippen LogP contribution is -2.19. The standard InChI is InChI=1S/C35H28ClN5O8S4/c1-49-34(42)32-20-28(11-14-33(32)36)41-53(47,48)31-13-8-22-6-10-26(16-24(22)18-31)39-35(50)38-25-9-5-21-7-12-30(17-23(21)15-25)52(45,46)40-27-3-2-4-29(19-27)51(37,43)44/h2-20,40-41H,1H3,(H2,37,43,44)(H2,38,39,50). The molecule has 0 aliphatic rings. The number of rotatable bonds is 10. The van der Waals surface area contributed by atoms with Crippen molar-refractivity contribution < 1.29 is 34.8 Å². The Morgan fingerprint density at radius 3 is 1.60 bits per heavy atom. The zero-order chi connectivity index (χ0) is 38.1. The summed E-state index contributed by atoms with van der Waals surface area (Å²) < 4.78 is 85.9. The molecule has 6 N–H and O–H groups in total. The number of hydrogen-bond donors (Lipinski definition) is 5. The third kappa shape index (κ3) is 8.68. The molecule has 0 unspecified atom stereocenters. The highest BCUT2D eigenvalue weighted by atomic mass is 35.5. The van der Waals surface area contributed by atoms with E-state index in [1.54, 1.807) is 48.5 Å². The van der Waals surface area contributed by atoms with Gasteiger partial charge in [-0.3, -0.25) is 9.44 Å². The van der Waals surface area contributed by atoms with Gasteiger partial charge in [0.25, 0.3) is 20.0 Å². The summed E-state index contributed by atoms with van der Waals surface area (Å²) in [6.07, 6.45) is 0. The smallest absolute Gasteiger partial charge is 0.339 e. The summed E-state index contributed by atoms with van der Waals surface area (Å²) in [7, 11) is -11.0. The molecule has 0 atom stereocenters. The minimum atomic E-state index is -4.11. The molecule has 0 spiro atoms. The summed E-state index contributed by atoms with van der Waals surface area (Å²) in [6, 6.07) is 29.0. The minimum Gasteiger partial charge on any atom is -0.465 e. The van der Waals surface area contributed by atoms with Crippen LogP contribution in [0.5, 0.6) is 0 Å². The lowest BCUT2D eigenvalue weighted by molar-refractivity contribution is 0.0601. The predicted molar refractivity (Wildman–Crippen MR) is 210 cm³/mol. The van der Waals surface area contributed by atoms with E-state index in [1.165, 1.54) is 67.8 Å². The van der Waals surface area contributed by atoms with Crippen LogP contribution in [0, 0.1) is 0 Å². The first-order chi connectivity index (χ1) is 25.0. The van der Waals surface area contributed by atoms with Gasteiger partial charge in [-0.05, 0) is 119 Å². The Hall–Kier alpha value is -5.30. The van der Waals surface area contributed by atoms with Crippen molar-refractivity contribution in [3.63, 3.8) is 0 Å². The summed E-state index contributed by atoms with van der Waals surface area (Å²) in [4.78, 5) is 11.7. The number of halogens is 1. The molecule has 0 radical (unpaired) electrons. The highest BCUT2D eigenvalue weighted by Crippen LogP contribution is 2.28. The summed E-state index contributed by atoms with van der Waals surface area (Å²) in [5.74, 6) is -0.711. The van der Waals surface area contributed by atoms with Gasteiger partial charge < -0.3 is 15.4 Å². The Morgan fingerprint density at radius 2 is 1.09 bits per heavy atom. The summed E-state index contributed by atoms with van der Waals surface area (Å²) >= 11 is 11.6. The van der Waals surface area contributed by atoms with Gasteiger partial charge in [0.15, 0.2) is 5.11 Å². The van der Waals surface area contributed by atoms with Crippen molar-refractivity contribution in [1.29, 1.82) is 0 Å². The van der Waals surface area contributed by atoms with E-state index in [4.69, 9.17) is 33.7 Å². The molecule has 0 saturated carbocycles. The van der Waals surface area contributed by atoms with Gasteiger partial charge in [-0.1, -0.05) is 41.9 Å². The zero-order valence-electron chi connectivity index (χ0n) is 27.3. The molecule has 0 aliphatic heterocycles. The van der Waals surface area contributed by atoms with Gasteiger partial charge in [-0.2, -0.15) is 0 Å². The van der Waals surface area contributed by atoms with Gasteiger partial charge in [-0.25, -0.2) is 35.2 Å². The number of anilines is 4. The zero-order valence-corrected chi connectivity index (χ0v) is 31.3. The molecule has 0 aliphatic carbocycles. The number of fused-ring (bicyclic) bond motifs is 2. The number of esters is 1. The van der Waals surface area contributed by atoms with Crippen LogP contribution >= 0.6 is 23.8 Å². The van der Waals surface area contributed by atoms with Crippen molar-refractivity contribution in [3.8, 4) is 0 Å². The quantitative estimate of drug-likeness (QED) is 0.0748. The van der Waals surface area contributed by atoms with E-state index >= 15 is 0 Å². The van der Waals surface area contributed by atoms with Crippen LogP contribution < -0.4 is 25.2 Å². The maximum atomic E-state index is 13.3. The van der Waals surface area contributed by atoms with Gasteiger partial charge in [0, 0.05) is 17.1 Å². The maximum absolute atomic E-state index is 13.3. The molecular weight excluding hydrogens is 782 g/mol. The van der Waals surface area contributed by atoms with E-state index < -0.39 is 36.0 Å². The van der Waals surface area contributed by atoms with Crippen molar-refractivity contribution >= 4 is 109 Å². The first kappa shape index (κ1) is 37.5. The Morgan fingerprint density at radius 1 is 0.604 bits per heavy atom. The number of nitrogens with one attached hydrogen (secondary N) is 4. The number of ether oxygens (including phenoxy) is 1. The largest absolute Gasteiger partial charge is 0.465 e. The molecular formula is C35H28ClN5O8S4. The third-order valence-electron chi connectivity index (χ3n) is 7.80. The number of methoxy groups -OCH3 is 1. The van der Waals surface area contributed by atoms with Gasteiger partial charge in [-0.15, -0.1) is 0 Å². The molecule has 6 aromatic rings. The average molecular weight is 810 g/mol. The number of nitrogens with two attached hydrogens (primary N) is 1. The fourth-order valence-corrected chi connectivity index (χ4v) is 8.41. The van der Waals surface area contributed by atoms with Crippen LogP contribution in [0.15, 0.2) is 130 Å². The highest BCUT2D eigenvalue weighted by molar-refractivity contribution is 7.93. The number of sulfonamides is 3. The normalized spacial score (nSPS) is 11.9. The Balaban J connectivity index is 1.17. The summed E-state index contributed by atoms with van der Waals surface area (Å²) in [5, 5.41) is 14.3. The van der Waals surface area contributed by atoms with Crippen molar-refractivity contribution in [1.82, 2.24) is 0 Å². The second-order valence-electron chi connectivity index (χ2n) is 11.5. The number of thiocarbonyl (C=S) groups is 1. The SMILES string of the molecule is COC(=O)c1cc(NS(=O)(=O)c2ccc3ccc(NC(=S)Nc4ccc5ccc(S(=O)(=O)Nc6cccc(S(N)(=O)=O)c6)cc5c4)cc3c2)ccc1Cl. The number of hydrogen-bond acceptors (Lipinski definition) is 9. The lowest BCUT2D eigenvalue weighted by atomic mass is 10.1. The molecule has 272 valence electrons. The van der Waals surface area contributed by atoms with Crippen LogP contribution in [0.25, 0.3) is 21.5 Å². The summed E-state index contributed by atoms with van der Waals surface area (Å²) in [6.45, 7) is 0. The van der Waals surface area contributed by atoms with Crippen molar-refractivity contribution in [2.24, 2.45) is 5.14 Å². The fraction of sp³-hybridized carbons (Fsp3) is 0.0286. The molecule has 18 heteroatoms. The molecule has 0 heterocycles. The first-order valence-corrected chi connectivity index (χ1v) is 20.5. The predicted octanol–water partition coefficient (Wildman–Crippen LogP) is 6.49. The summed E-state index contributed by atoms with van der Waals surface area (Å²) in [5.41, 5.74) is 1.27. The fourth-order valence-electron chi connectivity index (χ4n) is 5.25. The topological polar surface area (TPSA) is 203 Å². The van der Waals surface area contributed by atoms with Crippen molar-refractivity contribution in [2.75, 3.05) is 27.2 Å². The van der Waals surface area contributed by atoms with E-state index in [0.717, 1.165) is 16.8 Å².